The van der Waals surface area contributed by atoms with Crippen molar-refractivity contribution in [3.8, 4) is 5.75 Å². The number of fused-ring (bicyclic) bond motifs is 3. The molecule has 0 fully saturated rings. The van der Waals surface area contributed by atoms with E-state index in [1.165, 1.54) is 6.08 Å². The number of hydrogen-bond acceptors (Lipinski definition) is 5. The molecule has 6 aromatic rings. The van der Waals surface area contributed by atoms with Gasteiger partial charge in [0.2, 0.25) is 5.91 Å². The Kier molecular flexibility index (Phi) is 7.86. The van der Waals surface area contributed by atoms with Gasteiger partial charge in [0.05, 0.1) is 24.6 Å². The van der Waals surface area contributed by atoms with Crippen LogP contribution < -0.4 is 16.0 Å². The number of carbonyl (C=O) groups is 2. The molecule has 1 unspecified atom stereocenters. The van der Waals surface area contributed by atoms with Gasteiger partial charge < -0.3 is 35.2 Å². The lowest BCUT2D eigenvalue weighted by molar-refractivity contribution is -0.116. The number of aryl methyl sites for hydroxylation is 1. The van der Waals surface area contributed by atoms with Gasteiger partial charge in [0.1, 0.15) is 5.75 Å². The Morgan fingerprint density at radius 2 is 1.98 bits per heavy atom. The van der Waals surface area contributed by atoms with Crippen LogP contribution in [0.1, 0.15) is 50.9 Å². The van der Waals surface area contributed by atoms with E-state index >= 15 is 0 Å². The fourth-order valence-electron chi connectivity index (χ4n) is 6.34. The molecule has 0 saturated carbocycles. The topological polar surface area (TPSA) is 129 Å². The third-order valence-electron chi connectivity index (χ3n) is 8.55. The number of nitrogens with one attached hydrogen (secondary N) is 4. The number of para-hydroxylation sites is 1. The van der Waals surface area contributed by atoms with E-state index in [0.717, 1.165) is 62.8 Å². The first kappa shape index (κ1) is 29.1. The molecule has 232 valence electrons. The average molecular weight is 614 g/mol. The van der Waals surface area contributed by atoms with E-state index in [4.69, 9.17) is 0 Å². The number of imidazole rings is 1. The van der Waals surface area contributed by atoms with Gasteiger partial charge >= 0.3 is 0 Å². The van der Waals surface area contributed by atoms with Crippen LogP contribution in [-0.2, 0) is 31.0 Å². The number of hydrogen-bond donors (Lipinski definition) is 5. The van der Waals surface area contributed by atoms with E-state index in [1.807, 2.05) is 29.1 Å². The zero-order chi connectivity index (χ0) is 31.6. The molecular formula is C36H35N7O3. The Morgan fingerprint density at radius 3 is 2.87 bits per heavy atom. The van der Waals surface area contributed by atoms with Gasteiger partial charge in [-0.25, -0.2) is 4.98 Å². The smallest absolute Gasteiger partial charge is 0.252 e. The molecule has 0 saturated heterocycles. The van der Waals surface area contributed by atoms with E-state index < -0.39 is 0 Å². The third-order valence-corrected chi connectivity index (χ3v) is 8.55. The number of nitrogens with zero attached hydrogens (tertiary/aromatic N) is 3. The van der Waals surface area contributed by atoms with Crippen LogP contribution in [0.3, 0.4) is 0 Å². The SMILES string of the molecule is C=CC(=O)NCCCn1cnc(Cn2ccc3ccc(CNCc4[nH]c5ccccc5c4C4NC(=O)c5ccc(O)cc54)cc32)c1. The zero-order valence-electron chi connectivity index (χ0n) is 25.3. The minimum Gasteiger partial charge on any atom is -0.508 e. The maximum absolute atomic E-state index is 12.8. The predicted molar refractivity (Wildman–Crippen MR) is 177 cm³/mol. The predicted octanol–water partition coefficient (Wildman–Crippen LogP) is 4.89. The van der Waals surface area contributed by atoms with Gasteiger partial charge in [-0.1, -0.05) is 36.9 Å². The number of aromatic nitrogens is 4. The van der Waals surface area contributed by atoms with Crippen molar-refractivity contribution in [3.63, 3.8) is 0 Å². The summed E-state index contributed by atoms with van der Waals surface area (Å²) < 4.78 is 4.26. The normalized spacial score (nSPS) is 14.1. The highest BCUT2D eigenvalue weighted by atomic mass is 16.3. The van der Waals surface area contributed by atoms with Crippen LogP contribution in [0.2, 0.25) is 0 Å². The minimum atomic E-state index is -0.358. The second-order valence-electron chi connectivity index (χ2n) is 11.6. The first-order valence-electron chi connectivity index (χ1n) is 15.4. The molecule has 10 heteroatoms. The number of carbonyl (C=O) groups excluding carboxylic acids is 2. The summed E-state index contributed by atoms with van der Waals surface area (Å²) in [5.41, 5.74) is 7.62. The number of phenols is 1. The van der Waals surface area contributed by atoms with Crippen LogP contribution in [0.25, 0.3) is 21.8 Å². The second-order valence-corrected chi connectivity index (χ2v) is 11.6. The van der Waals surface area contributed by atoms with Crippen LogP contribution >= 0.6 is 0 Å². The Labute approximate surface area is 265 Å². The number of H-pyrrole nitrogens is 1. The van der Waals surface area contributed by atoms with Crippen LogP contribution in [-0.4, -0.2) is 42.6 Å². The Hall–Kier alpha value is -5.61. The molecule has 0 aliphatic carbocycles. The summed E-state index contributed by atoms with van der Waals surface area (Å²) in [5.74, 6) is -0.156. The Morgan fingerprint density at radius 1 is 1.09 bits per heavy atom. The number of phenolic OH excluding ortho intramolecular Hbond substituents is 1. The molecule has 1 aliphatic heterocycles. The minimum absolute atomic E-state index is 0.137. The summed E-state index contributed by atoms with van der Waals surface area (Å²) in [5, 5.41) is 21.9. The van der Waals surface area contributed by atoms with Crippen LogP contribution in [0.5, 0.6) is 5.75 Å². The molecule has 10 nitrogen and oxygen atoms in total. The van der Waals surface area contributed by atoms with E-state index in [1.54, 1.807) is 18.2 Å². The largest absolute Gasteiger partial charge is 0.508 e. The van der Waals surface area contributed by atoms with Crippen molar-refractivity contribution < 1.29 is 14.7 Å². The van der Waals surface area contributed by atoms with Crippen molar-refractivity contribution in [2.24, 2.45) is 0 Å². The van der Waals surface area contributed by atoms with Gasteiger partial charge in [-0.05, 0) is 65.4 Å². The third kappa shape index (κ3) is 5.78. The van der Waals surface area contributed by atoms with E-state index in [-0.39, 0.29) is 23.6 Å². The molecule has 46 heavy (non-hydrogen) atoms. The van der Waals surface area contributed by atoms with Gasteiger partial charge in [0.25, 0.3) is 5.91 Å². The molecule has 1 aliphatic rings. The number of benzene rings is 3. The van der Waals surface area contributed by atoms with Crippen molar-refractivity contribution in [2.75, 3.05) is 6.54 Å². The maximum Gasteiger partial charge on any atom is 0.252 e. The van der Waals surface area contributed by atoms with Crippen molar-refractivity contribution in [1.82, 2.24) is 35.1 Å². The molecule has 5 N–H and O–H groups in total. The summed E-state index contributed by atoms with van der Waals surface area (Å²) in [6.07, 6.45) is 8.07. The van der Waals surface area contributed by atoms with Crippen molar-refractivity contribution in [1.29, 1.82) is 0 Å². The highest BCUT2D eigenvalue weighted by molar-refractivity contribution is 6.01. The highest BCUT2D eigenvalue weighted by Gasteiger charge is 2.33. The number of aromatic hydroxyl groups is 1. The molecule has 0 spiro atoms. The van der Waals surface area contributed by atoms with Crippen molar-refractivity contribution >= 4 is 33.6 Å². The summed E-state index contributed by atoms with van der Waals surface area (Å²) in [6.45, 7) is 6.71. The summed E-state index contributed by atoms with van der Waals surface area (Å²) in [7, 11) is 0. The Bertz CT molecular complexity index is 2090. The lowest BCUT2D eigenvalue weighted by Gasteiger charge is -2.15. The molecular weight excluding hydrogens is 578 g/mol. The average Bonchev–Trinajstić information content (AvgIpc) is 3.84. The Balaban J connectivity index is 1.05. The first-order chi connectivity index (χ1) is 22.5. The molecule has 1 atom stereocenters. The standard InChI is InChI=1S/C36H35N7O3/c1-2-33(45)38-13-5-14-42-20-25(39-22-42)21-43-15-12-24-9-8-23(16-32(24)43)18-37-19-31-34(28-6-3-4-7-30(28)40-31)35-29-17-26(44)10-11-27(29)36(46)41-35/h2-4,6-12,15-17,20,22,35,37,40,44H,1,5,13-14,18-19,21H2,(H,38,45)(H,41,46). The monoisotopic (exact) mass is 613 g/mol. The lowest BCUT2D eigenvalue weighted by Crippen LogP contribution is -2.22. The maximum atomic E-state index is 12.8. The van der Waals surface area contributed by atoms with E-state index in [9.17, 15) is 14.7 Å². The van der Waals surface area contributed by atoms with E-state index in [2.05, 4.69) is 79.8 Å². The molecule has 3 aromatic heterocycles. The van der Waals surface area contributed by atoms with Gasteiger partial charge in [-0.3, -0.25) is 9.59 Å². The van der Waals surface area contributed by atoms with Crippen molar-refractivity contribution in [2.45, 2.75) is 38.6 Å². The molecule has 7 rings (SSSR count). The summed E-state index contributed by atoms with van der Waals surface area (Å²) in [4.78, 5) is 32.3. The van der Waals surface area contributed by atoms with E-state index in [0.29, 0.717) is 31.7 Å². The lowest BCUT2D eigenvalue weighted by atomic mass is 9.95. The molecule has 2 amide bonds. The van der Waals surface area contributed by atoms with Gasteiger partial charge in [0.15, 0.2) is 0 Å². The molecule has 0 bridgehead atoms. The van der Waals surface area contributed by atoms with Crippen LogP contribution in [0.15, 0.2) is 98.1 Å². The summed E-state index contributed by atoms with van der Waals surface area (Å²) in [6, 6.07) is 21.3. The highest BCUT2D eigenvalue weighted by Crippen LogP contribution is 2.38. The molecule has 0 radical (unpaired) electrons. The van der Waals surface area contributed by atoms with Gasteiger partial charge in [-0.15, -0.1) is 0 Å². The van der Waals surface area contributed by atoms with Gasteiger partial charge in [0, 0.05) is 71.8 Å². The fourth-order valence-corrected chi connectivity index (χ4v) is 6.34. The van der Waals surface area contributed by atoms with Crippen molar-refractivity contribution in [3.05, 3.63) is 132 Å². The number of amides is 2. The number of aromatic amines is 1. The quantitative estimate of drug-likeness (QED) is 0.0992. The zero-order valence-corrected chi connectivity index (χ0v) is 25.3. The molecule has 3 aromatic carbocycles. The molecule has 4 heterocycles. The van der Waals surface area contributed by atoms with Crippen LogP contribution in [0, 0.1) is 0 Å². The fraction of sp³-hybridized carbons (Fsp3) is 0.194. The van der Waals surface area contributed by atoms with Gasteiger partial charge in [-0.2, -0.15) is 0 Å². The summed E-state index contributed by atoms with van der Waals surface area (Å²) >= 11 is 0. The first-order valence-corrected chi connectivity index (χ1v) is 15.4. The number of rotatable bonds is 12. The second kappa shape index (κ2) is 12.4. The van der Waals surface area contributed by atoms with Crippen LogP contribution in [0.4, 0.5) is 0 Å².